The number of nitrogens with zero attached hydrogens (tertiary/aromatic N) is 3. The number of anilines is 9. The van der Waals surface area contributed by atoms with Gasteiger partial charge in [-0.25, -0.2) is 0 Å². The van der Waals surface area contributed by atoms with Crippen molar-refractivity contribution in [1.29, 1.82) is 0 Å². The number of fused-ring (bicyclic) bond motifs is 7. The van der Waals surface area contributed by atoms with Crippen LogP contribution in [0.3, 0.4) is 0 Å². The van der Waals surface area contributed by atoms with Crippen molar-refractivity contribution in [1.82, 2.24) is 0 Å². The summed E-state index contributed by atoms with van der Waals surface area (Å²) in [6, 6.07) is 68.1. The van der Waals surface area contributed by atoms with E-state index in [9.17, 15) is 0 Å². The SMILES string of the molecule is Cc1ccc(-c2cc(C)ccc2N2c3ccc(C)cc3B3c4cc(C)ccc4N(c4ccc(C)cc4)c4cc(N(c5ccccc5)c5cccc6c5oc5c(C(C)(C)C)cccc56)cc2c43)cc1. The summed E-state index contributed by atoms with van der Waals surface area (Å²) in [5.41, 5.74) is 25.3. The second-order valence-electron chi connectivity index (χ2n) is 20.2. The smallest absolute Gasteiger partial charge is 0.252 e. The van der Waals surface area contributed by atoms with Crippen LogP contribution in [0.1, 0.15) is 54.2 Å². The Bertz CT molecular complexity index is 3620. The Balaban J connectivity index is 1.22. The summed E-state index contributed by atoms with van der Waals surface area (Å²) >= 11 is 0. The van der Waals surface area contributed by atoms with Crippen LogP contribution in [0, 0.1) is 34.6 Å². The van der Waals surface area contributed by atoms with E-state index < -0.39 is 0 Å². The Morgan fingerprint density at radius 1 is 0.441 bits per heavy atom. The van der Waals surface area contributed by atoms with E-state index in [4.69, 9.17) is 4.42 Å². The predicted molar refractivity (Wildman–Crippen MR) is 290 cm³/mol. The van der Waals surface area contributed by atoms with Crippen molar-refractivity contribution in [2.45, 2.75) is 60.8 Å². The average Bonchev–Trinajstić information content (AvgIpc) is 3.72. The van der Waals surface area contributed by atoms with Crippen molar-refractivity contribution in [3.63, 3.8) is 0 Å². The molecular weight excluding hydrogens is 826 g/mol. The Morgan fingerprint density at radius 2 is 0.985 bits per heavy atom. The molecule has 0 unspecified atom stereocenters. The normalized spacial score (nSPS) is 12.9. The van der Waals surface area contributed by atoms with Gasteiger partial charge in [0, 0.05) is 56.0 Å². The summed E-state index contributed by atoms with van der Waals surface area (Å²) in [6.07, 6.45) is 0. The standard InChI is InChI=1S/C63H54BN3O/c1-39-20-27-44(28-21-39)50-34-41(3)24-31-54(50)67-56-33-26-43(5)36-53(56)64-52-35-42(4)25-32-55(52)66(46-29-22-40(2)23-30-46)58-37-47(38-59(67)60(58)64)65(45-14-10-9-11-15-45)57-19-13-17-49-48-16-12-18-51(63(6,7)8)61(48)68-62(49)57/h9-38H,1-8H3. The lowest BCUT2D eigenvalue weighted by molar-refractivity contribution is 0.573. The van der Waals surface area contributed by atoms with Crippen LogP contribution in [-0.2, 0) is 5.41 Å². The Kier molecular flexibility index (Phi) is 9.60. The Hall–Kier alpha value is -7.76. The zero-order valence-electron chi connectivity index (χ0n) is 40.1. The maximum Gasteiger partial charge on any atom is 0.252 e. The van der Waals surface area contributed by atoms with Gasteiger partial charge in [0.1, 0.15) is 5.58 Å². The van der Waals surface area contributed by atoms with E-state index in [1.165, 1.54) is 72.3 Å². The van der Waals surface area contributed by atoms with Crippen LogP contribution < -0.4 is 31.1 Å². The van der Waals surface area contributed by atoms with Gasteiger partial charge < -0.3 is 19.1 Å². The first-order chi connectivity index (χ1) is 32.9. The molecule has 10 aromatic rings. The minimum atomic E-state index is -0.107. The van der Waals surface area contributed by atoms with Crippen LogP contribution in [0.4, 0.5) is 51.2 Å². The molecule has 0 N–H and O–H groups in total. The molecule has 2 aliphatic rings. The topological polar surface area (TPSA) is 22.9 Å². The highest BCUT2D eigenvalue weighted by Gasteiger charge is 2.44. The van der Waals surface area contributed by atoms with Crippen LogP contribution in [0.5, 0.6) is 0 Å². The molecule has 5 heteroatoms. The van der Waals surface area contributed by atoms with Gasteiger partial charge in [-0.05, 0) is 129 Å². The van der Waals surface area contributed by atoms with Gasteiger partial charge in [-0.2, -0.15) is 0 Å². The highest BCUT2D eigenvalue weighted by molar-refractivity contribution is 7.00. The van der Waals surface area contributed by atoms with Crippen molar-refractivity contribution < 1.29 is 4.42 Å². The number of rotatable bonds is 6. The van der Waals surface area contributed by atoms with Crippen LogP contribution in [-0.4, -0.2) is 6.71 Å². The van der Waals surface area contributed by atoms with Gasteiger partial charge in [-0.1, -0.05) is 164 Å². The summed E-state index contributed by atoms with van der Waals surface area (Å²) in [6.45, 7) is 17.8. The first-order valence-electron chi connectivity index (χ1n) is 23.9. The van der Waals surface area contributed by atoms with Crippen molar-refractivity contribution in [3.05, 3.63) is 215 Å². The summed E-state index contributed by atoms with van der Waals surface area (Å²) < 4.78 is 7.19. The van der Waals surface area contributed by atoms with Crippen LogP contribution in [0.15, 0.2) is 186 Å². The first-order valence-corrected chi connectivity index (χ1v) is 23.9. The molecule has 0 radical (unpaired) electrons. The minimum Gasteiger partial charge on any atom is -0.454 e. The molecule has 0 atom stereocenters. The van der Waals surface area contributed by atoms with E-state index in [2.05, 4.69) is 252 Å². The number of aryl methyl sites for hydroxylation is 5. The van der Waals surface area contributed by atoms with Gasteiger partial charge >= 0.3 is 0 Å². The molecule has 0 aliphatic carbocycles. The molecule has 68 heavy (non-hydrogen) atoms. The van der Waals surface area contributed by atoms with Crippen LogP contribution in [0.2, 0.25) is 0 Å². The molecule has 0 amide bonds. The van der Waals surface area contributed by atoms with Gasteiger partial charge in [0.25, 0.3) is 6.71 Å². The Labute approximate surface area is 400 Å². The first kappa shape index (κ1) is 41.7. The van der Waals surface area contributed by atoms with E-state index in [-0.39, 0.29) is 12.1 Å². The van der Waals surface area contributed by atoms with E-state index in [0.29, 0.717) is 0 Å². The van der Waals surface area contributed by atoms with E-state index >= 15 is 0 Å². The fourth-order valence-corrected chi connectivity index (χ4v) is 11.0. The maximum atomic E-state index is 7.19. The molecular formula is C63H54BN3O. The number of para-hydroxylation sites is 3. The van der Waals surface area contributed by atoms with Crippen molar-refractivity contribution in [3.8, 4) is 11.1 Å². The van der Waals surface area contributed by atoms with Gasteiger partial charge in [-0.3, -0.25) is 0 Å². The monoisotopic (exact) mass is 879 g/mol. The summed E-state index contributed by atoms with van der Waals surface area (Å²) in [5.74, 6) is 0. The van der Waals surface area contributed by atoms with E-state index in [0.717, 1.165) is 61.8 Å². The van der Waals surface area contributed by atoms with Gasteiger partial charge in [0.2, 0.25) is 0 Å². The number of benzene rings is 9. The third kappa shape index (κ3) is 6.66. The molecule has 9 aromatic carbocycles. The fourth-order valence-electron chi connectivity index (χ4n) is 11.0. The molecule has 0 fully saturated rings. The number of furan rings is 1. The quantitative estimate of drug-likeness (QED) is 0.155. The third-order valence-electron chi connectivity index (χ3n) is 14.2. The summed E-state index contributed by atoms with van der Waals surface area (Å²) in [7, 11) is 0. The average molecular weight is 880 g/mol. The molecule has 2 aliphatic heterocycles. The van der Waals surface area contributed by atoms with Crippen LogP contribution >= 0.6 is 0 Å². The van der Waals surface area contributed by atoms with E-state index in [1.54, 1.807) is 0 Å². The molecule has 1 aromatic heterocycles. The van der Waals surface area contributed by atoms with Crippen molar-refractivity contribution in [2.24, 2.45) is 0 Å². The highest BCUT2D eigenvalue weighted by Crippen LogP contribution is 2.51. The van der Waals surface area contributed by atoms with Gasteiger partial charge in [-0.15, -0.1) is 0 Å². The summed E-state index contributed by atoms with van der Waals surface area (Å²) in [4.78, 5) is 7.50. The maximum absolute atomic E-state index is 7.19. The molecule has 0 saturated heterocycles. The zero-order valence-corrected chi connectivity index (χ0v) is 40.1. The molecule has 0 saturated carbocycles. The van der Waals surface area contributed by atoms with Crippen molar-refractivity contribution in [2.75, 3.05) is 14.7 Å². The van der Waals surface area contributed by atoms with Gasteiger partial charge in [0.05, 0.1) is 17.1 Å². The lowest BCUT2D eigenvalue weighted by Crippen LogP contribution is -2.61. The van der Waals surface area contributed by atoms with E-state index in [1.807, 2.05) is 0 Å². The molecule has 0 bridgehead atoms. The Morgan fingerprint density at radius 3 is 1.63 bits per heavy atom. The highest BCUT2D eigenvalue weighted by atomic mass is 16.3. The molecule has 3 heterocycles. The zero-order chi connectivity index (χ0) is 46.6. The van der Waals surface area contributed by atoms with Crippen LogP contribution in [0.25, 0.3) is 33.1 Å². The third-order valence-corrected chi connectivity index (χ3v) is 14.2. The molecule has 4 nitrogen and oxygen atoms in total. The minimum absolute atomic E-state index is 0.0233. The lowest BCUT2D eigenvalue weighted by atomic mass is 9.33. The molecule has 330 valence electrons. The lowest BCUT2D eigenvalue weighted by Gasteiger charge is -2.45. The second kappa shape index (κ2) is 15.7. The fraction of sp³-hybridized carbons (Fsp3) is 0.143. The second-order valence-corrected chi connectivity index (χ2v) is 20.2. The number of hydrogen-bond acceptors (Lipinski definition) is 4. The largest absolute Gasteiger partial charge is 0.454 e. The number of hydrogen-bond donors (Lipinski definition) is 0. The molecule has 12 rings (SSSR count). The predicted octanol–water partition coefficient (Wildman–Crippen LogP) is 15.6. The van der Waals surface area contributed by atoms with Gasteiger partial charge in [0.15, 0.2) is 5.58 Å². The van der Waals surface area contributed by atoms with Crippen molar-refractivity contribution >= 4 is 96.2 Å². The molecule has 0 spiro atoms. The summed E-state index contributed by atoms with van der Waals surface area (Å²) in [5, 5.41) is 2.23.